The lowest BCUT2D eigenvalue weighted by Crippen LogP contribution is -2.42. The highest BCUT2D eigenvalue weighted by Crippen LogP contribution is 2.41. The van der Waals surface area contributed by atoms with Gasteiger partial charge in [-0.05, 0) is 68.5 Å². The number of rotatable bonds is 3. The van der Waals surface area contributed by atoms with Gasteiger partial charge in [0, 0.05) is 48.6 Å². The summed E-state index contributed by atoms with van der Waals surface area (Å²) < 4.78 is 5.55. The molecule has 2 aromatic carbocycles. The Morgan fingerprint density at radius 1 is 1.03 bits per heavy atom. The van der Waals surface area contributed by atoms with E-state index in [9.17, 15) is 14.4 Å². The maximum absolute atomic E-state index is 13.1. The van der Waals surface area contributed by atoms with Crippen LogP contribution in [0.3, 0.4) is 0 Å². The number of hydrogen-bond donors (Lipinski definition) is 2. The first-order chi connectivity index (χ1) is 15.6. The van der Waals surface area contributed by atoms with Gasteiger partial charge in [-0.15, -0.1) is 0 Å². The van der Waals surface area contributed by atoms with E-state index in [4.69, 9.17) is 4.74 Å². The molecule has 2 heterocycles. The van der Waals surface area contributed by atoms with E-state index in [1.165, 1.54) is 6.92 Å². The fourth-order valence-corrected chi connectivity index (χ4v) is 5.22. The quantitative estimate of drug-likeness (QED) is 0.599. The van der Waals surface area contributed by atoms with Gasteiger partial charge in [0.2, 0.25) is 5.91 Å². The van der Waals surface area contributed by atoms with Crippen molar-refractivity contribution in [1.82, 2.24) is 5.32 Å². The minimum absolute atomic E-state index is 0.0171. The summed E-state index contributed by atoms with van der Waals surface area (Å²) >= 11 is 0. The molecule has 0 bridgehead atoms. The predicted octanol–water partition coefficient (Wildman–Crippen LogP) is 3.36. The van der Waals surface area contributed by atoms with Gasteiger partial charge < -0.3 is 15.0 Å². The summed E-state index contributed by atoms with van der Waals surface area (Å²) in [6.45, 7) is 8.73. The molecule has 2 aliphatic heterocycles. The van der Waals surface area contributed by atoms with E-state index in [1.54, 1.807) is 6.07 Å². The van der Waals surface area contributed by atoms with Gasteiger partial charge in [0.15, 0.2) is 5.78 Å². The average Bonchev–Trinajstić information content (AvgIpc) is 3.37. The number of ether oxygens (including phenoxy) is 1. The number of hydrogen-bond acceptors (Lipinski definition) is 6. The minimum Gasteiger partial charge on any atom is -0.459 e. The molecule has 0 radical (unpaired) electrons. The van der Waals surface area contributed by atoms with Gasteiger partial charge >= 0.3 is 5.97 Å². The van der Waals surface area contributed by atoms with Crippen molar-refractivity contribution < 1.29 is 19.1 Å². The first-order valence-electron chi connectivity index (χ1n) is 11.4. The summed E-state index contributed by atoms with van der Waals surface area (Å²) in [4.78, 5) is 39.2. The molecule has 0 aromatic heterocycles. The number of anilines is 2. The second kappa shape index (κ2) is 7.70. The number of nitrogens with zero attached hydrogens (tertiary/aromatic N) is 1. The Hall–Kier alpha value is -3.19. The lowest BCUT2D eigenvalue weighted by Gasteiger charge is -2.24. The Morgan fingerprint density at radius 2 is 1.73 bits per heavy atom. The molecule has 3 atom stereocenters. The van der Waals surface area contributed by atoms with Crippen LogP contribution in [0.25, 0.3) is 11.1 Å². The molecule has 3 aliphatic rings. The monoisotopic (exact) mass is 447 g/mol. The van der Waals surface area contributed by atoms with Gasteiger partial charge in [-0.1, -0.05) is 12.1 Å². The standard InChI is InChI=1S/C26H29N3O4/c1-14(30)27-16-5-7-18-19-8-6-17(11-21(19)24(31)20(18)10-16)29-12-15-9-22(28-23(15)13-29)25(32)33-26(2,3)4/h5-8,10-11,15,22-23,28H,9,12-13H2,1-4H3,(H,27,30). The number of ketones is 1. The molecular formula is C26H29N3O4. The topological polar surface area (TPSA) is 87.7 Å². The maximum atomic E-state index is 13.1. The van der Waals surface area contributed by atoms with Gasteiger partial charge in [-0.25, -0.2) is 0 Å². The summed E-state index contributed by atoms with van der Waals surface area (Å²) in [5, 5.41) is 6.20. The van der Waals surface area contributed by atoms with Crippen molar-refractivity contribution in [3.63, 3.8) is 0 Å². The molecule has 1 aliphatic carbocycles. The molecule has 3 unspecified atom stereocenters. The van der Waals surface area contributed by atoms with Crippen LogP contribution in [0.2, 0.25) is 0 Å². The molecule has 5 rings (SSSR count). The van der Waals surface area contributed by atoms with Crippen LogP contribution >= 0.6 is 0 Å². The molecule has 0 spiro atoms. The van der Waals surface area contributed by atoms with Crippen LogP contribution < -0.4 is 15.5 Å². The van der Waals surface area contributed by atoms with Gasteiger partial charge in [0.25, 0.3) is 0 Å². The smallest absolute Gasteiger partial charge is 0.323 e. The third-order valence-electron chi connectivity index (χ3n) is 6.57. The van der Waals surface area contributed by atoms with E-state index in [-0.39, 0.29) is 29.7 Å². The molecule has 0 saturated carbocycles. The molecular weight excluding hydrogens is 418 g/mol. The molecule has 2 saturated heterocycles. The fourth-order valence-electron chi connectivity index (χ4n) is 5.22. The third-order valence-corrected chi connectivity index (χ3v) is 6.57. The Balaban J connectivity index is 1.30. The molecule has 1 amide bonds. The average molecular weight is 448 g/mol. The van der Waals surface area contributed by atoms with E-state index in [0.717, 1.165) is 36.3 Å². The number of amides is 1. The van der Waals surface area contributed by atoms with Crippen LogP contribution in [0.15, 0.2) is 36.4 Å². The van der Waals surface area contributed by atoms with Gasteiger partial charge in [-0.2, -0.15) is 0 Å². The number of esters is 1. The molecule has 7 nitrogen and oxygen atoms in total. The fraction of sp³-hybridized carbons (Fsp3) is 0.423. The van der Waals surface area contributed by atoms with Crippen molar-refractivity contribution in [1.29, 1.82) is 0 Å². The Labute approximate surface area is 193 Å². The number of benzene rings is 2. The highest BCUT2D eigenvalue weighted by molar-refractivity contribution is 6.22. The number of nitrogens with one attached hydrogen (secondary N) is 2. The van der Waals surface area contributed by atoms with Crippen molar-refractivity contribution in [3.05, 3.63) is 47.5 Å². The Kier molecular flexibility index (Phi) is 5.05. The predicted molar refractivity (Wildman–Crippen MR) is 126 cm³/mol. The zero-order valence-corrected chi connectivity index (χ0v) is 19.4. The Bertz CT molecular complexity index is 1150. The maximum Gasteiger partial charge on any atom is 0.323 e. The summed E-state index contributed by atoms with van der Waals surface area (Å²) in [5.41, 5.74) is 4.29. The molecule has 7 heteroatoms. The van der Waals surface area contributed by atoms with Crippen LogP contribution in [0, 0.1) is 5.92 Å². The minimum atomic E-state index is -0.486. The highest BCUT2D eigenvalue weighted by Gasteiger charge is 2.44. The number of carbonyl (C=O) groups excluding carboxylic acids is 3. The van der Waals surface area contributed by atoms with Crippen LogP contribution in [-0.2, 0) is 14.3 Å². The van der Waals surface area contributed by atoms with E-state index < -0.39 is 5.60 Å². The van der Waals surface area contributed by atoms with Gasteiger partial charge in [0.1, 0.15) is 11.6 Å². The normalized spacial score (nSPS) is 23.2. The van der Waals surface area contributed by atoms with Gasteiger partial charge in [-0.3, -0.25) is 19.7 Å². The molecule has 2 N–H and O–H groups in total. The van der Waals surface area contributed by atoms with Crippen molar-refractivity contribution >= 4 is 29.0 Å². The van der Waals surface area contributed by atoms with Crippen molar-refractivity contribution in [2.75, 3.05) is 23.3 Å². The summed E-state index contributed by atoms with van der Waals surface area (Å²) in [6.07, 6.45) is 0.761. The Morgan fingerprint density at radius 3 is 2.39 bits per heavy atom. The summed E-state index contributed by atoms with van der Waals surface area (Å²) in [6, 6.07) is 11.5. The van der Waals surface area contributed by atoms with Crippen molar-refractivity contribution in [2.24, 2.45) is 5.92 Å². The van der Waals surface area contributed by atoms with E-state index in [2.05, 4.69) is 21.6 Å². The largest absolute Gasteiger partial charge is 0.459 e. The lowest BCUT2D eigenvalue weighted by molar-refractivity contribution is -0.157. The highest BCUT2D eigenvalue weighted by atomic mass is 16.6. The number of carbonyl (C=O) groups is 3. The summed E-state index contributed by atoms with van der Waals surface area (Å²) in [7, 11) is 0. The SMILES string of the molecule is CC(=O)Nc1ccc2c(c1)C(=O)c1cc(N3CC4CC(C(=O)OC(C)(C)C)NC4C3)ccc1-2. The van der Waals surface area contributed by atoms with Crippen LogP contribution in [-0.4, -0.2) is 48.4 Å². The molecule has 2 aromatic rings. The zero-order chi connectivity index (χ0) is 23.5. The zero-order valence-electron chi connectivity index (χ0n) is 19.4. The second-order valence-corrected chi connectivity index (χ2v) is 10.3. The van der Waals surface area contributed by atoms with E-state index in [0.29, 0.717) is 22.7 Å². The van der Waals surface area contributed by atoms with Crippen molar-refractivity contribution in [2.45, 2.75) is 51.8 Å². The third kappa shape index (κ3) is 4.02. The van der Waals surface area contributed by atoms with Crippen LogP contribution in [0.1, 0.15) is 50.0 Å². The van der Waals surface area contributed by atoms with E-state index in [1.807, 2.05) is 45.0 Å². The first kappa shape index (κ1) is 21.6. The molecule has 172 valence electrons. The number of fused-ring (bicyclic) bond motifs is 4. The van der Waals surface area contributed by atoms with Crippen LogP contribution in [0.5, 0.6) is 0 Å². The van der Waals surface area contributed by atoms with Gasteiger partial charge in [0.05, 0.1) is 0 Å². The molecule has 33 heavy (non-hydrogen) atoms. The first-order valence-corrected chi connectivity index (χ1v) is 11.4. The lowest BCUT2D eigenvalue weighted by atomic mass is 10.0. The van der Waals surface area contributed by atoms with Crippen molar-refractivity contribution in [3.8, 4) is 11.1 Å². The molecule has 2 fully saturated rings. The van der Waals surface area contributed by atoms with Crippen LogP contribution in [0.4, 0.5) is 11.4 Å². The van der Waals surface area contributed by atoms with E-state index >= 15 is 0 Å². The second-order valence-electron chi connectivity index (χ2n) is 10.3. The summed E-state index contributed by atoms with van der Waals surface area (Å²) in [5.74, 6) is 0.00529.